The minimum atomic E-state index is -4.10. The summed E-state index contributed by atoms with van der Waals surface area (Å²) >= 11 is 0. The topological polar surface area (TPSA) is 54.6 Å². The zero-order chi connectivity index (χ0) is 28.3. The van der Waals surface area contributed by atoms with Gasteiger partial charge in [-0.1, -0.05) is 19.1 Å². The fraction of sp³-hybridized carbons (Fsp3) is 0.581. The quantitative estimate of drug-likeness (QED) is 0.355. The Bertz CT molecular complexity index is 1160. The van der Waals surface area contributed by atoms with Gasteiger partial charge < -0.3 is 20.3 Å². The second-order valence-electron chi connectivity index (χ2n) is 11.9. The molecule has 1 aromatic heterocycles. The number of hydrogen-bond acceptors (Lipinski definition) is 5. The number of benzene rings is 1. The first kappa shape index (κ1) is 28.9. The lowest BCUT2D eigenvalue weighted by atomic mass is 9.67. The summed E-state index contributed by atoms with van der Waals surface area (Å²) in [5.74, 6) is 0.621. The van der Waals surface area contributed by atoms with Crippen molar-refractivity contribution < 1.29 is 22.3 Å². The molecule has 1 unspecified atom stereocenters. The van der Waals surface area contributed by atoms with Crippen molar-refractivity contribution in [3.8, 4) is 17.0 Å². The SMILES string of the molecule is C=C(c1ccc(-c2ccc(OCCC3CCN(CC4(C(F)(F)F)CCC4)CC3)nc2)cc1F)N1CCCC(N)C1. The largest absolute Gasteiger partial charge is 0.478 e. The molecule has 5 nitrogen and oxygen atoms in total. The normalized spacial score (nSPS) is 22.1. The number of alkyl halides is 3. The predicted molar refractivity (Wildman–Crippen MR) is 149 cm³/mol. The number of piperidine rings is 2. The van der Waals surface area contributed by atoms with Gasteiger partial charge in [0.1, 0.15) is 5.82 Å². The first-order valence-electron chi connectivity index (χ1n) is 14.5. The van der Waals surface area contributed by atoms with E-state index in [9.17, 15) is 13.2 Å². The lowest BCUT2D eigenvalue weighted by molar-refractivity contribution is -0.256. The van der Waals surface area contributed by atoms with Crippen LogP contribution in [0.5, 0.6) is 5.88 Å². The van der Waals surface area contributed by atoms with Crippen LogP contribution in [0.4, 0.5) is 17.6 Å². The molecule has 2 aliphatic heterocycles. The van der Waals surface area contributed by atoms with E-state index in [1.54, 1.807) is 18.3 Å². The number of halogens is 4. The number of aromatic nitrogens is 1. The summed E-state index contributed by atoms with van der Waals surface area (Å²) in [4.78, 5) is 8.45. The van der Waals surface area contributed by atoms with Gasteiger partial charge in [0.25, 0.3) is 0 Å². The third-order valence-electron chi connectivity index (χ3n) is 9.11. The molecule has 1 atom stereocenters. The molecule has 3 heterocycles. The van der Waals surface area contributed by atoms with Gasteiger partial charge in [-0.15, -0.1) is 0 Å². The summed E-state index contributed by atoms with van der Waals surface area (Å²) < 4.78 is 61.4. The van der Waals surface area contributed by atoms with E-state index in [-0.39, 0.29) is 31.2 Å². The molecule has 1 aromatic carbocycles. The predicted octanol–water partition coefficient (Wildman–Crippen LogP) is 6.50. The van der Waals surface area contributed by atoms with E-state index in [1.807, 2.05) is 17.0 Å². The van der Waals surface area contributed by atoms with E-state index < -0.39 is 11.6 Å². The Hall–Kier alpha value is -2.65. The van der Waals surface area contributed by atoms with E-state index in [4.69, 9.17) is 10.5 Å². The maximum absolute atomic E-state index is 15.0. The van der Waals surface area contributed by atoms with Crippen molar-refractivity contribution in [3.05, 3.63) is 54.5 Å². The van der Waals surface area contributed by atoms with Crippen molar-refractivity contribution in [3.63, 3.8) is 0 Å². The van der Waals surface area contributed by atoms with Crippen molar-refractivity contribution in [1.82, 2.24) is 14.8 Å². The number of nitrogens with two attached hydrogens (primary N) is 1. The Kier molecular flexibility index (Phi) is 8.71. The molecule has 2 N–H and O–H groups in total. The number of rotatable bonds is 9. The molecule has 1 aliphatic carbocycles. The summed E-state index contributed by atoms with van der Waals surface area (Å²) in [6.07, 6.45) is 3.37. The molecule has 218 valence electrons. The molecule has 2 aromatic rings. The van der Waals surface area contributed by atoms with Crippen LogP contribution in [-0.4, -0.2) is 66.3 Å². The molecule has 9 heteroatoms. The molecule has 1 saturated carbocycles. The Labute approximate surface area is 234 Å². The van der Waals surface area contributed by atoms with Crippen LogP contribution in [0.2, 0.25) is 0 Å². The number of likely N-dealkylation sites (tertiary alicyclic amines) is 2. The summed E-state index contributed by atoms with van der Waals surface area (Å²) in [6.45, 7) is 7.71. The summed E-state index contributed by atoms with van der Waals surface area (Å²) in [7, 11) is 0. The molecule has 2 saturated heterocycles. The highest BCUT2D eigenvalue weighted by molar-refractivity contribution is 5.69. The Morgan fingerprint density at radius 1 is 1.05 bits per heavy atom. The summed E-state index contributed by atoms with van der Waals surface area (Å²) in [5.41, 5.74) is 7.26. The smallest absolute Gasteiger partial charge is 0.395 e. The molecule has 0 spiro atoms. The van der Waals surface area contributed by atoms with Crippen LogP contribution in [0.3, 0.4) is 0 Å². The monoisotopic (exact) mass is 560 g/mol. The van der Waals surface area contributed by atoms with Gasteiger partial charge in [-0.05, 0) is 87.7 Å². The van der Waals surface area contributed by atoms with E-state index in [0.717, 1.165) is 49.8 Å². The Balaban J connectivity index is 1.07. The summed E-state index contributed by atoms with van der Waals surface area (Å²) in [5, 5.41) is 0. The molecule has 3 aliphatic rings. The molecule has 0 bridgehead atoms. The molecule has 0 amide bonds. The number of pyridine rings is 1. The van der Waals surface area contributed by atoms with E-state index in [1.165, 1.54) is 6.07 Å². The Morgan fingerprint density at radius 3 is 2.40 bits per heavy atom. The highest BCUT2D eigenvalue weighted by atomic mass is 19.4. The number of ether oxygens (including phenoxy) is 1. The third-order valence-corrected chi connectivity index (χ3v) is 9.11. The van der Waals surface area contributed by atoms with Crippen LogP contribution < -0.4 is 10.5 Å². The fourth-order valence-corrected chi connectivity index (χ4v) is 6.32. The van der Waals surface area contributed by atoms with Crippen LogP contribution in [0.1, 0.15) is 56.9 Å². The maximum atomic E-state index is 15.0. The van der Waals surface area contributed by atoms with Crippen LogP contribution in [0, 0.1) is 17.2 Å². The van der Waals surface area contributed by atoms with Crippen molar-refractivity contribution in [1.29, 1.82) is 0 Å². The van der Waals surface area contributed by atoms with Gasteiger partial charge >= 0.3 is 6.18 Å². The van der Waals surface area contributed by atoms with Gasteiger partial charge in [-0.2, -0.15) is 13.2 Å². The average molecular weight is 561 g/mol. The zero-order valence-electron chi connectivity index (χ0n) is 23.1. The highest BCUT2D eigenvalue weighted by Gasteiger charge is 2.58. The molecular formula is C31H40F4N4O. The van der Waals surface area contributed by atoms with Crippen LogP contribution in [0.25, 0.3) is 16.8 Å². The first-order chi connectivity index (χ1) is 19.1. The van der Waals surface area contributed by atoms with Crippen molar-refractivity contribution >= 4 is 5.70 Å². The lowest BCUT2D eigenvalue weighted by Gasteiger charge is -2.47. The van der Waals surface area contributed by atoms with E-state index >= 15 is 4.39 Å². The van der Waals surface area contributed by atoms with Crippen LogP contribution in [-0.2, 0) is 0 Å². The van der Waals surface area contributed by atoms with Crippen molar-refractivity contribution in [2.75, 3.05) is 39.3 Å². The second kappa shape index (κ2) is 12.1. The van der Waals surface area contributed by atoms with Crippen LogP contribution >= 0.6 is 0 Å². The second-order valence-corrected chi connectivity index (χ2v) is 11.9. The van der Waals surface area contributed by atoms with Crippen molar-refractivity contribution in [2.24, 2.45) is 17.1 Å². The van der Waals surface area contributed by atoms with Crippen molar-refractivity contribution in [2.45, 2.75) is 63.6 Å². The van der Waals surface area contributed by atoms with E-state index in [0.29, 0.717) is 55.7 Å². The standard InChI is InChI=1S/C31H40F4N4O/c1-22(39-14-2-4-26(36)20-39)27-7-5-24(18-28(27)32)25-6-8-29(37-19-25)40-17-11-23-9-15-38(16-10-23)21-30(12-3-13-30)31(33,34)35/h5-8,18-19,23,26H,1-4,9-17,20-21,36H2. The van der Waals surface area contributed by atoms with Gasteiger partial charge in [0, 0.05) is 54.8 Å². The Morgan fingerprint density at radius 2 is 1.80 bits per heavy atom. The number of nitrogens with zero attached hydrogens (tertiary/aromatic N) is 3. The van der Waals surface area contributed by atoms with Gasteiger partial charge in [-0.3, -0.25) is 0 Å². The first-order valence-corrected chi connectivity index (χ1v) is 14.5. The molecule has 3 fully saturated rings. The average Bonchev–Trinajstić information content (AvgIpc) is 2.91. The van der Waals surface area contributed by atoms with Gasteiger partial charge in [-0.25, -0.2) is 9.37 Å². The fourth-order valence-electron chi connectivity index (χ4n) is 6.32. The zero-order valence-corrected chi connectivity index (χ0v) is 23.1. The molecule has 40 heavy (non-hydrogen) atoms. The maximum Gasteiger partial charge on any atom is 0.395 e. The van der Waals surface area contributed by atoms with E-state index in [2.05, 4.69) is 16.5 Å². The minimum Gasteiger partial charge on any atom is -0.478 e. The molecule has 0 radical (unpaired) electrons. The van der Waals surface area contributed by atoms with Crippen LogP contribution in [0.15, 0.2) is 43.1 Å². The highest BCUT2D eigenvalue weighted by Crippen LogP contribution is 2.53. The lowest BCUT2D eigenvalue weighted by Crippen LogP contribution is -2.53. The minimum absolute atomic E-state index is 0.0869. The molecular weight excluding hydrogens is 520 g/mol. The van der Waals surface area contributed by atoms with Gasteiger partial charge in [0.2, 0.25) is 5.88 Å². The third kappa shape index (κ3) is 6.46. The summed E-state index contributed by atoms with van der Waals surface area (Å²) in [6, 6.07) is 8.88. The molecule has 5 rings (SSSR count). The number of hydrogen-bond donors (Lipinski definition) is 1. The van der Waals surface area contributed by atoms with Gasteiger partial charge in [0.15, 0.2) is 0 Å². The van der Waals surface area contributed by atoms with Gasteiger partial charge in [0.05, 0.1) is 12.0 Å².